The van der Waals surface area contributed by atoms with E-state index < -0.39 is 5.25 Å². The molecule has 1 atom stereocenters. The van der Waals surface area contributed by atoms with Gasteiger partial charge in [-0.3, -0.25) is 4.79 Å². The molecule has 8 nitrogen and oxygen atoms in total. The van der Waals surface area contributed by atoms with E-state index in [9.17, 15) is 4.79 Å². The lowest BCUT2D eigenvalue weighted by molar-refractivity contribution is -0.115. The summed E-state index contributed by atoms with van der Waals surface area (Å²) < 4.78 is 6.95. The Balaban J connectivity index is 1.80. The number of ether oxygens (including phenoxy) is 1. The van der Waals surface area contributed by atoms with Gasteiger partial charge in [0.15, 0.2) is 0 Å². The number of aromatic nitrogens is 4. The van der Waals surface area contributed by atoms with E-state index in [0.29, 0.717) is 27.8 Å². The first-order valence-electron chi connectivity index (χ1n) is 8.43. The summed E-state index contributed by atoms with van der Waals surface area (Å²) in [6.07, 6.45) is 0. The summed E-state index contributed by atoms with van der Waals surface area (Å²) in [5.74, 6) is 0.373. The monoisotopic (exact) mass is 394 g/mol. The zero-order chi connectivity index (χ0) is 20.1. The molecule has 0 fully saturated rings. The van der Waals surface area contributed by atoms with Gasteiger partial charge in [-0.05, 0) is 54.1 Å². The van der Waals surface area contributed by atoms with Crippen molar-refractivity contribution in [2.75, 3.05) is 12.4 Å². The van der Waals surface area contributed by atoms with E-state index in [1.165, 1.54) is 11.8 Å². The normalized spacial score (nSPS) is 11.5. The van der Waals surface area contributed by atoms with Crippen LogP contribution in [-0.4, -0.2) is 38.5 Å². The first-order chi connectivity index (χ1) is 13.5. The number of hydrogen-bond donors (Lipinski definition) is 1. The largest absolute Gasteiger partial charge is 0.494 e. The van der Waals surface area contributed by atoms with Gasteiger partial charge in [-0.1, -0.05) is 30.0 Å². The molecular weight excluding hydrogens is 376 g/mol. The SMILES string of the molecule is COc1ccc(C)cc1-n1nnnc1S[C@H](C)C(=O)Nc1ccccc1C#N. The van der Waals surface area contributed by atoms with Gasteiger partial charge in [0.05, 0.1) is 23.6 Å². The number of carbonyl (C=O) groups excluding carboxylic acids is 1. The molecular formula is C19H18N6O2S. The lowest BCUT2D eigenvalue weighted by Crippen LogP contribution is -2.23. The molecule has 142 valence electrons. The summed E-state index contributed by atoms with van der Waals surface area (Å²) in [4.78, 5) is 12.6. The average Bonchev–Trinajstić information content (AvgIpc) is 3.16. The van der Waals surface area contributed by atoms with Gasteiger partial charge >= 0.3 is 0 Å². The number of benzene rings is 2. The predicted molar refractivity (Wildman–Crippen MR) is 106 cm³/mol. The van der Waals surface area contributed by atoms with Crippen molar-refractivity contribution < 1.29 is 9.53 Å². The van der Waals surface area contributed by atoms with Crippen molar-refractivity contribution in [2.45, 2.75) is 24.3 Å². The second-order valence-electron chi connectivity index (χ2n) is 5.96. The Morgan fingerprint density at radius 1 is 1.32 bits per heavy atom. The molecule has 9 heteroatoms. The smallest absolute Gasteiger partial charge is 0.237 e. The van der Waals surface area contributed by atoms with E-state index in [2.05, 4.69) is 26.9 Å². The number of rotatable bonds is 6. The molecule has 0 unspecified atom stereocenters. The van der Waals surface area contributed by atoms with Crippen LogP contribution in [-0.2, 0) is 4.79 Å². The van der Waals surface area contributed by atoms with E-state index in [0.717, 1.165) is 5.56 Å². The van der Waals surface area contributed by atoms with Gasteiger partial charge in [0, 0.05) is 0 Å². The maximum Gasteiger partial charge on any atom is 0.237 e. The minimum Gasteiger partial charge on any atom is -0.494 e. The van der Waals surface area contributed by atoms with Crippen LogP contribution in [0.5, 0.6) is 5.75 Å². The first kappa shape index (κ1) is 19.4. The molecule has 0 aliphatic rings. The summed E-state index contributed by atoms with van der Waals surface area (Å²) in [6.45, 7) is 3.71. The molecule has 0 saturated carbocycles. The van der Waals surface area contributed by atoms with Crippen molar-refractivity contribution in [1.82, 2.24) is 20.2 Å². The Kier molecular flexibility index (Phi) is 5.91. The number of aryl methyl sites for hydroxylation is 1. The molecule has 1 N–H and O–H groups in total. The van der Waals surface area contributed by atoms with E-state index >= 15 is 0 Å². The number of para-hydroxylation sites is 1. The number of anilines is 1. The molecule has 0 aliphatic heterocycles. The molecule has 3 aromatic rings. The van der Waals surface area contributed by atoms with Gasteiger partial charge in [-0.2, -0.15) is 9.94 Å². The summed E-state index contributed by atoms with van der Waals surface area (Å²) in [5, 5.41) is 23.7. The fourth-order valence-electron chi connectivity index (χ4n) is 2.50. The Morgan fingerprint density at radius 3 is 2.86 bits per heavy atom. The molecule has 2 aromatic carbocycles. The van der Waals surface area contributed by atoms with Crippen molar-refractivity contribution >= 4 is 23.4 Å². The van der Waals surface area contributed by atoms with Crippen LogP contribution in [0.3, 0.4) is 0 Å². The van der Waals surface area contributed by atoms with E-state index in [1.807, 2.05) is 25.1 Å². The lowest BCUT2D eigenvalue weighted by atomic mass is 10.2. The third kappa shape index (κ3) is 4.13. The van der Waals surface area contributed by atoms with Crippen molar-refractivity contribution in [3.8, 4) is 17.5 Å². The summed E-state index contributed by atoms with van der Waals surface area (Å²) in [6, 6.07) is 14.6. The zero-order valence-electron chi connectivity index (χ0n) is 15.6. The molecule has 0 aliphatic carbocycles. The Labute approximate surface area is 166 Å². The molecule has 1 amide bonds. The highest BCUT2D eigenvalue weighted by molar-refractivity contribution is 8.00. The van der Waals surface area contributed by atoms with Gasteiger partial charge in [0.1, 0.15) is 17.5 Å². The van der Waals surface area contributed by atoms with Gasteiger partial charge in [0.25, 0.3) is 0 Å². The van der Waals surface area contributed by atoms with Crippen LogP contribution in [0.2, 0.25) is 0 Å². The third-order valence-corrected chi connectivity index (χ3v) is 4.99. The quantitative estimate of drug-likeness (QED) is 0.641. The highest BCUT2D eigenvalue weighted by Gasteiger charge is 2.21. The van der Waals surface area contributed by atoms with Crippen LogP contribution in [0.15, 0.2) is 47.6 Å². The number of carbonyl (C=O) groups is 1. The zero-order valence-corrected chi connectivity index (χ0v) is 16.4. The van der Waals surface area contributed by atoms with Gasteiger partial charge in [-0.15, -0.1) is 5.10 Å². The summed E-state index contributed by atoms with van der Waals surface area (Å²) in [5.41, 5.74) is 2.60. The minimum atomic E-state index is -0.493. The molecule has 1 aromatic heterocycles. The standard InChI is InChI=1S/C19H18N6O2S/c1-12-8-9-17(27-3)16(10-12)25-19(22-23-24-25)28-13(2)18(26)21-15-7-5-4-6-14(15)11-20/h4-10,13H,1-3H3,(H,21,26)/t13-/m1/s1. The summed E-state index contributed by atoms with van der Waals surface area (Å²) in [7, 11) is 1.58. The molecule has 0 bridgehead atoms. The van der Waals surface area contributed by atoms with E-state index in [-0.39, 0.29) is 5.91 Å². The molecule has 0 spiro atoms. The van der Waals surface area contributed by atoms with E-state index in [1.54, 1.807) is 43.0 Å². The maximum atomic E-state index is 12.6. The number of nitriles is 1. The molecule has 3 rings (SSSR count). The minimum absolute atomic E-state index is 0.251. The number of methoxy groups -OCH3 is 1. The third-order valence-electron chi connectivity index (χ3n) is 3.96. The number of hydrogen-bond acceptors (Lipinski definition) is 7. The molecule has 28 heavy (non-hydrogen) atoms. The fourth-order valence-corrected chi connectivity index (χ4v) is 3.31. The maximum absolute atomic E-state index is 12.6. The van der Waals surface area contributed by atoms with Gasteiger partial charge in [0.2, 0.25) is 11.1 Å². The van der Waals surface area contributed by atoms with Crippen molar-refractivity contribution in [1.29, 1.82) is 5.26 Å². The van der Waals surface area contributed by atoms with Crippen molar-refractivity contribution in [3.63, 3.8) is 0 Å². The molecule has 0 radical (unpaired) electrons. The molecule has 1 heterocycles. The average molecular weight is 394 g/mol. The highest BCUT2D eigenvalue weighted by Crippen LogP contribution is 2.29. The summed E-state index contributed by atoms with van der Waals surface area (Å²) >= 11 is 1.21. The number of nitrogens with one attached hydrogen (secondary N) is 1. The number of thioether (sulfide) groups is 1. The van der Waals surface area contributed by atoms with Crippen LogP contribution in [0, 0.1) is 18.3 Å². The topological polar surface area (TPSA) is 106 Å². The predicted octanol–water partition coefficient (Wildman–Crippen LogP) is 2.97. The second-order valence-corrected chi connectivity index (χ2v) is 7.26. The lowest BCUT2D eigenvalue weighted by Gasteiger charge is -2.14. The van der Waals surface area contributed by atoms with Crippen LogP contribution in [0.25, 0.3) is 5.69 Å². The van der Waals surface area contributed by atoms with E-state index in [4.69, 9.17) is 10.00 Å². The van der Waals surface area contributed by atoms with Gasteiger partial charge < -0.3 is 10.1 Å². The Bertz CT molecular complexity index is 1040. The number of amides is 1. The highest BCUT2D eigenvalue weighted by atomic mass is 32.2. The number of tetrazole rings is 1. The Hall–Kier alpha value is -3.38. The Morgan fingerprint density at radius 2 is 2.11 bits per heavy atom. The van der Waals surface area contributed by atoms with Crippen LogP contribution in [0.4, 0.5) is 5.69 Å². The fraction of sp³-hybridized carbons (Fsp3) is 0.211. The van der Waals surface area contributed by atoms with Crippen molar-refractivity contribution in [2.24, 2.45) is 0 Å². The molecule has 0 saturated heterocycles. The van der Waals surface area contributed by atoms with Crippen LogP contribution >= 0.6 is 11.8 Å². The van der Waals surface area contributed by atoms with Crippen LogP contribution in [0.1, 0.15) is 18.1 Å². The van der Waals surface area contributed by atoms with Crippen LogP contribution < -0.4 is 10.1 Å². The van der Waals surface area contributed by atoms with Gasteiger partial charge in [-0.25, -0.2) is 0 Å². The first-order valence-corrected chi connectivity index (χ1v) is 9.31. The van der Waals surface area contributed by atoms with Crippen molar-refractivity contribution in [3.05, 3.63) is 53.6 Å². The number of nitrogens with zero attached hydrogens (tertiary/aromatic N) is 5. The second kappa shape index (κ2) is 8.54.